The van der Waals surface area contributed by atoms with E-state index in [4.69, 9.17) is 37.9 Å². The van der Waals surface area contributed by atoms with Crippen molar-refractivity contribution in [3.05, 3.63) is 30.3 Å². The minimum atomic E-state index is -0.909. The Labute approximate surface area is 189 Å². The smallest absolute Gasteiger partial charge is 0.191 e. The van der Waals surface area contributed by atoms with Crippen LogP contribution in [0.5, 0.6) is 5.75 Å². The highest BCUT2D eigenvalue weighted by molar-refractivity contribution is 5.20. The molecule has 0 aliphatic carbocycles. The van der Waals surface area contributed by atoms with Crippen molar-refractivity contribution >= 4 is 0 Å². The Kier molecular flexibility index (Phi) is 20.4. The first kappa shape index (κ1) is 28.7. The number of ether oxygens (including phenoxy) is 9. The SMILES string of the molecule is COC(COCCOCCOCCOCCOCCOCCOc1ccccc1)OCF. The van der Waals surface area contributed by atoms with Crippen molar-refractivity contribution in [3.8, 4) is 5.75 Å². The van der Waals surface area contributed by atoms with E-state index >= 15 is 0 Å². The monoisotopic (exact) mass is 464 g/mol. The molecule has 0 heterocycles. The molecule has 186 valence electrons. The molecule has 0 spiro atoms. The number of benzene rings is 1. The van der Waals surface area contributed by atoms with Crippen molar-refractivity contribution in [2.24, 2.45) is 0 Å². The fraction of sp³-hybridized carbons (Fsp3) is 0.727. The van der Waals surface area contributed by atoms with Crippen molar-refractivity contribution in [2.75, 3.05) is 99.9 Å². The lowest BCUT2D eigenvalue weighted by Gasteiger charge is -2.14. The zero-order chi connectivity index (χ0) is 23.0. The first-order chi connectivity index (χ1) is 15.9. The van der Waals surface area contributed by atoms with E-state index in [1.807, 2.05) is 30.3 Å². The number of halogens is 1. The van der Waals surface area contributed by atoms with Crippen LogP contribution < -0.4 is 4.74 Å². The highest BCUT2D eigenvalue weighted by atomic mass is 19.1. The maximum absolute atomic E-state index is 12.0. The summed E-state index contributed by atoms with van der Waals surface area (Å²) in [6, 6.07) is 9.63. The Bertz CT molecular complexity index is 496. The third kappa shape index (κ3) is 18.2. The highest BCUT2D eigenvalue weighted by Gasteiger charge is 2.06. The van der Waals surface area contributed by atoms with Gasteiger partial charge >= 0.3 is 0 Å². The first-order valence-electron chi connectivity index (χ1n) is 10.7. The van der Waals surface area contributed by atoms with Gasteiger partial charge in [0.25, 0.3) is 0 Å². The molecule has 1 aromatic carbocycles. The molecule has 0 aliphatic heterocycles. The Morgan fingerprint density at radius 3 is 1.50 bits per heavy atom. The lowest BCUT2D eigenvalue weighted by atomic mass is 10.3. The first-order valence-corrected chi connectivity index (χ1v) is 10.7. The molecular weight excluding hydrogens is 427 g/mol. The summed E-state index contributed by atoms with van der Waals surface area (Å²) < 4.78 is 59.3. The second-order valence-electron chi connectivity index (χ2n) is 6.24. The number of alkyl halides is 1. The Morgan fingerprint density at radius 1 is 0.625 bits per heavy atom. The van der Waals surface area contributed by atoms with Gasteiger partial charge in [-0.1, -0.05) is 18.2 Å². The van der Waals surface area contributed by atoms with E-state index in [-0.39, 0.29) is 6.61 Å². The molecule has 9 nitrogen and oxygen atoms in total. The molecule has 0 saturated heterocycles. The van der Waals surface area contributed by atoms with E-state index in [0.717, 1.165) is 5.75 Å². The van der Waals surface area contributed by atoms with Gasteiger partial charge in [-0.05, 0) is 12.1 Å². The molecule has 0 saturated carbocycles. The number of rotatable bonds is 24. The fourth-order valence-electron chi connectivity index (χ4n) is 2.27. The minimum Gasteiger partial charge on any atom is -0.491 e. The van der Waals surface area contributed by atoms with E-state index in [0.29, 0.717) is 79.3 Å². The molecule has 0 amide bonds. The van der Waals surface area contributed by atoms with Gasteiger partial charge in [0.2, 0.25) is 0 Å². The van der Waals surface area contributed by atoms with Crippen LogP contribution in [0.15, 0.2) is 30.3 Å². The molecule has 32 heavy (non-hydrogen) atoms. The standard InChI is InChI=1S/C22H37FO9/c1-24-22(32-20-23)19-30-16-15-28-12-11-26-8-7-25-9-10-27-13-14-29-17-18-31-21-5-3-2-4-6-21/h2-6,22H,7-20H2,1H3. The predicted octanol–water partition coefficient (Wildman–Crippen LogP) is 2.08. The molecule has 0 aliphatic rings. The quantitative estimate of drug-likeness (QED) is 0.169. The summed E-state index contributed by atoms with van der Waals surface area (Å²) in [5.41, 5.74) is 0. The summed E-state index contributed by atoms with van der Waals surface area (Å²) in [5.74, 6) is 0.838. The van der Waals surface area contributed by atoms with Crippen LogP contribution in [0.1, 0.15) is 0 Å². The summed E-state index contributed by atoms with van der Waals surface area (Å²) in [6.45, 7) is 5.00. The number of hydrogen-bond donors (Lipinski definition) is 0. The lowest BCUT2D eigenvalue weighted by Crippen LogP contribution is -2.23. The van der Waals surface area contributed by atoms with Crippen molar-refractivity contribution in [3.63, 3.8) is 0 Å². The van der Waals surface area contributed by atoms with Crippen molar-refractivity contribution in [1.29, 1.82) is 0 Å². The van der Waals surface area contributed by atoms with Crippen molar-refractivity contribution in [2.45, 2.75) is 6.29 Å². The van der Waals surface area contributed by atoms with Crippen LogP contribution in [-0.2, 0) is 37.9 Å². The van der Waals surface area contributed by atoms with Crippen molar-refractivity contribution in [1.82, 2.24) is 0 Å². The zero-order valence-corrected chi connectivity index (χ0v) is 18.9. The molecule has 1 unspecified atom stereocenters. The van der Waals surface area contributed by atoms with Gasteiger partial charge < -0.3 is 42.6 Å². The van der Waals surface area contributed by atoms with E-state index in [1.54, 1.807) is 0 Å². The van der Waals surface area contributed by atoms with Gasteiger partial charge in [-0.2, -0.15) is 0 Å². The molecule has 0 aromatic heterocycles. The lowest BCUT2D eigenvalue weighted by molar-refractivity contribution is -0.178. The van der Waals surface area contributed by atoms with E-state index in [9.17, 15) is 4.39 Å². The Balaban J connectivity index is 1.69. The normalized spacial score (nSPS) is 12.2. The topological polar surface area (TPSA) is 83.1 Å². The molecule has 1 rings (SSSR count). The van der Waals surface area contributed by atoms with Crippen molar-refractivity contribution < 1.29 is 47.0 Å². The average Bonchev–Trinajstić information content (AvgIpc) is 2.82. The fourth-order valence-corrected chi connectivity index (χ4v) is 2.27. The van der Waals surface area contributed by atoms with Crippen LogP contribution >= 0.6 is 0 Å². The van der Waals surface area contributed by atoms with Crippen LogP contribution in [0.3, 0.4) is 0 Å². The van der Waals surface area contributed by atoms with Gasteiger partial charge in [0.05, 0.1) is 79.3 Å². The van der Waals surface area contributed by atoms with Gasteiger partial charge in [-0.25, -0.2) is 4.39 Å². The Morgan fingerprint density at radius 2 is 1.06 bits per heavy atom. The van der Waals surface area contributed by atoms with Crippen LogP contribution in [0, 0.1) is 0 Å². The molecule has 1 aromatic rings. The molecule has 0 radical (unpaired) electrons. The minimum absolute atomic E-state index is 0.151. The molecule has 1 atom stereocenters. The van der Waals surface area contributed by atoms with Gasteiger partial charge in [0, 0.05) is 7.11 Å². The number of para-hydroxylation sites is 1. The Hall–Kier alpha value is -1.37. The summed E-state index contributed by atoms with van der Waals surface area (Å²) in [5, 5.41) is 0. The maximum Gasteiger partial charge on any atom is 0.191 e. The number of methoxy groups -OCH3 is 1. The van der Waals surface area contributed by atoms with E-state index in [2.05, 4.69) is 4.74 Å². The maximum atomic E-state index is 12.0. The van der Waals surface area contributed by atoms with E-state index in [1.165, 1.54) is 7.11 Å². The molecule has 0 fully saturated rings. The van der Waals surface area contributed by atoms with Crippen LogP contribution in [0.2, 0.25) is 0 Å². The third-order valence-electron chi connectivity index (χ3n) is 3.87. The van der Waals surface area contributed by atoms with Crippen LogP contribution in [0.4, 0.5) is 4.39 Å². The second kappa shape index (κ2) is 22.8. The van der Waals surface area contributed by atoms with Gasteiger partial charge in [0.15, 0.2) is 13.2 Å². The predicted molar refractivity (Wildman–Crippen MR) is 115 cm³/mol. The highest BCUT2D eigenvalue weighted by Crippen LogP contribution is 2.07. The largest absolute Gasteiger partial charge is 0.491 e. The number of hydrogen-bond acceptors (Lipinski definition) is 9. The van der Waals surface area contributed by atoms with Gasteiger partial charge in [0.1, 0.15) is 12.4 Å². The van der Waals surface area contributed by atoms with Gasteiger partial charge in [-0.3, -0.25) is 0 Å². The zero-order valence-electron chi connectivity index (χ0n) is 18.9. The molecule has 10 heteroatoms. The summed E-state index contributed by atoms with van der Waals surface area (Å²) in [7, 11) is 1.43. The van der Waals surface area contributed by atoms with E-state index < -0.39 is 13.2 Å². The average molecular weight is 465 g/mol. The summed E-state index contributed by atoms with van der Waals surface area (Å²) >= 11 is 0. The molecule has 0 bridgehead atoms. The molecular formula is C22H37FO9. The summed E-state index contributed by atoms with van der Waals surface area (Å²) in [6.07, 6.45) is -0.702. The van der Waals surface area contributed by atoms with Crippen LogP contribution in [-0.4, -0.2) is 106 Å². The second-order valence-corrected chi connectivity index (χ2v) is 6.24. The van der Waals surface area contributed by atoms with Gasteiger partial charge in [-0.15, -0.1) is 0 Å². The third-order valence-corrected chi connectivity index (χ3v) is 3.87. The summed E-state index contributed by atoms with van der Waals surface area (Å²) in [4.78, 5) is 0. The molecule has 0 N–H and O–H groups in total. The van der Waals surface area contributed by atoms with Crippen LogP contribution in [0.25, 0.3) is 0 Å².